The molecule has 1 saturated carbocycles. The van der Waals surface area contributed by atoms with Crippen LogP contribution in [-0.2, 0) is 4.79 Å². The Morgan fingerprint density at radius 3 is 2.62 bits per heavy atom. The van der Waals surface area contributed by atoms with Crippen LogP contribution in [0.2, 0.25) is 0 Å². The maximum Gasteiger partial charge on any atom is 0.220 e. The second-order valence-corrected chi connectivity index (χ2v) is 5.26. The Labute approximate surface area is 95.0 Å². The average Bonchev–Trinajstić information content (AvgIpc) is 2.29. The van der Waals surface area contributed by atoms with Gasteiger partial charge in [-0.15, -0.1) is 0 Å². The van der Waals surface area contributed by atoms with Crippen LogP contribution in [0.5, 0.6) is 0 Å². The maximum atomic E-state index is 11.8. The second kappa shape index (κ2) is 4.49. The van der Waals surface area contributed by atoms with Gasteiger partial charge in [0.15, 0.2) is 5.78 Å². The Morgan fingerprint density at radius 2 is 2.06 bits per heavy atom. The molecule has 0 aromatic carbocycles. The van der Waals surface area contributed by atoms with Crippen molar-refractivity contribution < 1.29 is 14.8 Å². The van der Waals surface area contributed by atoms with Crippen molar-refractivity contribution in [2.45, 2.75) is 63.5 Å². The van der Waals surface area contributed by atoms with E-state index in [-0.39, 0.29) is 12.2 Å². The van der Waals surface area contributed by atoms with Gasteiger partial charge in [-0.05, 0) is 12.8 Å². The first-order valence-corrected chi connectivity index (χ1v) is 5.68. The van der Waals surface area contributed by atoms with E-state index in [1.54, 1.807) is 0 Å². The summed E-state index contributed by atoms with van der Waals surface area (Å²) in [6, 6.07) is 0. The molecule has 1 N–H and O–H groups in total. The highest BCUT2D eigenvalue weighted by molar-refractivity contribution is 5.87. The van der Waals surface area contributed by atoms with Crippen LogP contribution in [0.25, 0.3) is 0 Å². The molecule has 92 valence electrons. The molecular formula is C11H19NO4. The molecular weight excluding hydrogens is 210 g/mol. The summed E-state index contributed by atoms with van der Waals surface area (Å²) in [5.74, 6) is -0.236. The lowest BCUT2D eigenvalue weighted by Crippen LogP contribution is -2.47. The van der Waals surface area contributed by atoms with Crippen molar-refractivity contribution in [3.63, 3.8) is 0 Å². The molecule has 1 unspecified atom stereocenters. The first-order chi connectivity index (χ1) is 7.28. The zero-order chi connectivity index (χ0) is 12.4. The van der Waals surface area contributed by atoms with Gasteiger partial charge in [0.2, 0.25) is 5.54 Å². The summed E-state index contributed by atoms with van der Waals surface area (Å²) in [6.45, 7) is 2.90. The number of carbonyl (C=O) groups excluding carboxylic acids is 1. The highest BCUT2D eigenvalue weighted by atomic mass is 16.6. The highest BCUT2D eigenvalue weighted by Crippen LogP contribution is 2.32. The third-order valence-electron chi connectivity index (χ3n) is 3.23. The van der Waals surface area contributed by atoms with E-state index in [0.29, 0.717) is 12.8 Å². The summed E-state index contributed by atoms with van der Waals surface area (Å²) in [5, 5.41) is 21.1. The SMILES string of the molecule is CC(C)(CC1(O)CCCCCC1=O)[N+](=O)[O-]. The predicted molar refractivity (Wildman–Crippen MR) is 58.7 cm³/mol. The van der Waals surface area contributed by atoms with E-state index >= 15 is 0 Å². The number of aliphatic hydroxyl groups is 1. The fraction of sp³-hybridized carbons (Fsp3) is 0.909. The fourth-order valence-electron chi connectivity index (χ4n) is 2.22. The largest absolute Gasteiger partial charge is 0.382 e. The summed E-state index contributed by atoms with van der Waals surface area (Å²) in [6.07, 6.45) is 3.04. The van der Waals surface area contributed by atoms with E-state index < -0.39 is 16.1 Å². The lowest BCUT2D eigenvalue weighted by Gasteiger charge is -2.29. The number of Topliss-reactive ketones (excluding diaryl/α,β-unsaturated/α-hetero) is 1. The lowest BCUT2D eigenvalue weighted by atomic mass is 9.81. The number of nitrogens with zero attached hydrogens (tertiary/aromatic N) is 1. The molecule has 5 heteroatoms. The molecule has 0 spiro atoms. The van der Waals surface area contributed by atoms with E-state index in [1.807, 2.05) is 0 Å². The van der Waals surface area contributed by atoms with Gasteiger partial charge in [0.05, 0.1) is 6.42 Å². The molecule has 0 heterocycles. The topological polar surface area (TPSA) is 80.4 Å². The van der Waals surface area contributed by atoms with Crippen LogP contribution in [0.15, 0.2) is 0 Å². The zero-order valence-electron chi connectivity index (χ0n) is 9.86. The number of carbonyl (C=O) groups is 1. The molecule has 1 aliphatic rings. The lowest BCUT2D eigenvalue weighted by molar-refractivity contribution is -0.564. The second-order valence-electron chi connectivity index (χ2n) is 5.26. The van der Waals surface area contributed by atoms with Gasteiger partial charge in [0, 0.05) is 25.2 Å². The molecule has 0 aromatic rings. The Kier molecular flexibility index (Phi) is 3.68. The van der Waals surface area contributed by atoms with Gasteiger partial charge >= 0.3 is 0 Å². The molecule has 0 aliphatic heterocycles. The number of hydrogen-bond donors (Lipinski definition) is 1. The van der Waals surface area contributed by atoms with E-state index in [4.69, 9.17) is 0 Å². The van der Waals surface area contributed by atoms with Crippen LogP contribution < -0.4 is 0 Å². The smallest absolute Gasteiger partial charge is 0.220 e. The molecule has 1 atom stereocenters. The summed E-state index contributed by atoms with van der Waals surface area (Å²) < 4.78 is 0. The number of nitro groups is 1. The minimum Gasteiger partial charge on any atom is -0.382 e. The first kappa shape index (κ1) is 13.1. The standard InChI is InChI=1S/C11H19NO4/c1-10(2,12(15)16)8-11(14)7-5-3-4-6-9(11)13/h14H,3-8H2,1-2H3. The number of rotatable bonds is 3. The van der Waals surface area contributed by atoms with Gasteiger partial charge in [-0.1, -0.05) is 12.8 Å². The van der Waals surface area contributed by atoms with Crippen molar-refractivity contribution in [2.24, 2.45) is 0 Å². The molecule has 1 fully saturated rings. The third kappa shape index (κ3) is 2.78. The molecule has 1 aliphatic carbocycles. The molecule has 16 heavy (non-hydrogen) atoms. The van der Waals surface area contributed by atoms with Crippen molar-refractivity contribution >= 4 is 5.78 Å². The number of hydrogen-bond acceptors (Lipinski definition) is 4. The predicted octanol–water partition coefficient (Wildman–Crippen LogP) is 1.70. The van der Waals surface area contributed by atoms with Crippen LogP contribution in [0, 0.1) is 10.1 Å². The molecule has 0 radical (unpaired) electrons. The molecule has 0 amide bonds. The zero-order valence-corrected chi connectivity index (χ0v) is 9.86. The highest BCUT2D eigenvalue weighted by Gasteiger charge is 2.46. The van der Waals surface area contributed by atoms with Gasteiger partial charge in [-0.2, -0.15) is 0 Å². The van der Waals surface area contributed by atoms with Crippen LogP contribution in [0.1, 0.15) is 52.4 Å². The van der Waals surface area contributed by atoms with Crippen molar-refractivity contribution in [3.05, 3.63) is 10.1 Å². The number of ketones is 1. The quantitative estimate of drug-likeness (QED) is 0.453. The van der Waals surface area contributed by atoms with Crippen molar-refractivity contribution in [3.8, 4) is 0 Å². The molecule has 0 aromatic heterocycles. The average molecular weight is 229 g/mol. The Morgan fingerprint density at radius 1 is 1.44 bits per heavy atom. The van der Waals surface area contributed by atoms with Gasteiger partial charge in [0.25, 0.3) is 0 Å². The Hall–Kier alpha value is -0.970. The van der Waals surface area contributed by atoms with Gasteiger partial charge in [0.1, 0.15) is 5.60 Å². The minimum absolute atomic E-state index is 0.0914. The van der Waals surface area contributed by atoms with E-state index in [9.17, 15) is 20.0 Å². The van der Waals surface area contributed by atoms with E-state index in [1.165, 1.54) is 13.8 Å². The first-order valence-electron chi connectivity index (χ1n) is 5.68. The molecule has 1 rings (SSSR count). The van der Waals surface area contributed by atoms with Crippen LogP contribution in [-0.4, -0.2) is 27.0 Å². The normalized spacial score (nSPS) is 27.6. The monoisotopic (exact) mass is 229 g/mol. The van der Waals surface area contributed by atoms with Crippen molar-refractivity contribution in [1.82, 2.24) is 0 Å². The van der Waals surface area contributed by atoms with Crippen LogP contribution >= 0.6 is 0 Å². The maximum absolute atomic E-state index is 11.8. The van der Waals surface area contributed by atoms with Crippen LogP contribution in [0.3, 0.4) is 0 Å². The van der Waals surface area contributed by atoms with Gasteiger partial charge in [-0.25, -0.2) is 0 Å². The Balaban J connectivity index is 2.83. The summed E-state index contributed by atoms with van der Waals surface area (Å²) in [4.78, 5) is 22.1. The van der Waals surface area contributed by atoms with Gasteiger partial charge < -0.3 is 5.11 Å². The molecule has 0 bridgehead atoms. The third-order valence-corrected chi connectivity index (χ3v) is 3.23. The summed E-state index contributed by atoms with van der Waals surface area (Å²) >= 11 is 0. The van der Waals surface area contributed by atoms with E-state index in [0.717, 1.165) is 19.3 Å². The fourth-order valence-corrected chi connectivity index (χ4v) is 2.22. The van der Waals surface area contributed by atoms with Crippen molar-refractivity contribution in [1.29, 1.82) is 0 Å². The van der Waals surface area contributed by atoms with Crippen LogP contribution in [0.4, 0.5) is 0 Å². The molecule has 5 nitrogen and oxygen atoms in total. The van der Waals surface area contributed by atoms with Gasteiger partial charge in [-0.3, -0.25) is 14.9 Å². The van der Waals surface area contributed by atoms with Crippen molar-refractivity contribution in [2.75, 3.05) is 0 Å². The molecule has 0 saturated heterocycles. The summed E-state index contributed by atoms with van der Waals surface area (Å²) in [5.41, 5.74) is -2.75. The summed E-state index contributed by atoms with van der Waals surface area (Å²) in [7, 11) is 0. The van der Waals surface area contributed by atoms with E-state index in [2.05, 4.69) is 0 Å². The Bertz CT molecular complexity index is 300. The minimum atomic E-state index is -1.49.